The lowest BCUT2D eigenvalue weighted by atomic mass is 10.1. The summed E-state index contributed by atoms with van der Waals surface area (Å²) in [5, 5.41) is 10.4. The minimum absolute atomic E-state index is 0.254. The van der Waals surface area contributed by atoms with E-state index in [2.05, 4.69) is 27.9 Å². The van der Waals surface area contributed by atoms with Crippen LogP contribution in [0.1, 0.15) is 6.23 Å². The zero-order valence-corrected chi connectivity index (χ0v) is 13.3. The van der Waals surface area contributed by atoms with E-state index in [1.54, 1.807) is 10.8 Å². The Hall–Kier alpha value is -1.11. The molecule has 4 atom stereocenters. The molecule has 0 spiro atoms. The number of hydrogen-bond donors (Lipinski definition) is 3. The SMILES string of the molecule is CSOC[C@H]1O[C@@H](n2cnc3c(N)ncnc32)C(O)[C@H]1OS. The van der Waals surface area contributed by atoms with Crippen LogP contribution < -0.4 is 5.73 Å². The largest absolute Gasteiger partial charge is 0.386 e. The number of aromatic nitrogens is 4. The summed E-state index contributed by atoms with van der Waals surface area (Å²) in [5.41, 5.74) is 6.68. The molecule has 11 heteroatoms. The first-order valence-electron chi connectivity index (χ1n) is 6.39. The van der Waals surface area contributed by atoms with Gasteiger partial charge in [0.2, 0.25) is 0 Å². The molecule has 1 saturated heterocycles. The summed E-state index contributed by atoms with van der Waals surface area (Å²) < 4.78 is 17.7. The van der Waals surface area contributed by atoms with Crippen LogP contribution in [0.3, 0.4) is 0 Å². The normalized spacial score (nSPS) is 28.5. The molecular weight excluding hydrogens is 330 g/mol. The maximum atomic E-state index is 10.4. The molecule has 0 saturated carbocycles. The van der Waals surface area contributed by atoms with Gasteiger partial charge >= 0.3 is 0 Å². The molecule has 1 fully saturated rings. The van der Waals surface area contributed by atoms with Crippen molar-refractivity contribution in [2.24, 2.45) is 0 Å². The molecule has 0 amide bonds. The second-order valence-electron chi connectivity index (χ2n) is 4.66. The number of nitrogens with two attached hydrogens (primary N) is 1. The summed E-state index contributed by atoms with van der Waals surface area (Å²) in [6.45, 7) is 0.254. The summed E-state index contributed by atoms with van der Waals surface area (Å²) in [6, 6.07) is 0. The van der Waals surface area contributed by atoms with Crippen LogP contribution in [0.25, 0.3) is 11.2 Å². The van der Waals surface area contributed by atoms with Gasteiger partial charge in [-0.25, -0.2) is 15.0 Å². The van der Waals surface area contributed by atoms with Crippen LogP contribution in [0.2, 0.25) is 0 Å². The lowest BCUT2D eigenvalue weighted by Gasteiger charge is -2.17. The third-order valence-corrected chi connectivity index (χ3v) is 4.06. The minimum atomic E-state index is -0.957. The molecule has 2 aromatic heterocycles. The van der Waals surface area contributed by atoms with Crippen molar-refractivity contribution in [3.05, 3.63) is 12.7 Å². The summed E-state index contributed by atoms with van der Waals surface area (Å²) in [5.74, 6) is 0.264. The van der Waals surface area contributed by atoms with Gasteiger partial charge < -0.3 is 23.9 Å². The number of anilines is 1. The fourth-order valence-electron chi connectivity index (χ4n) is 2.41. The third-order valence-electron chi connectivity index (χ3n) is 3.44. The van der Waals surface area contributed by atoms with E-state index >= 15 is 0 Å². The molecule has 0 aromatic carbocycles. The number of aliphatic hydroxyl groups excluding tert-OH is 1. The maximum absolute atomic E-state index is 10.4. The molecule has 0 radical (unpaired) electrons. The molecule has 3 rings (SSSR count). The highest BCUT2D eigenvalue weighted by atomic mass is 32.2. The zero-order valence-electron chi connectivity index (χ0n) is 11.6. The van der Waals surface area contributed by atoms with Gasteiger partial charge in [0.15, 0.2) is 17.7 Å². The topological polar surface area (TPSA) is 118 Å². The Balaban J connectivity index is 1.91. The van der Waals surface area contributed by atoms with Crippen LogP contribution in [0.4, 0.5) is 5.82 Å². The van der Waals surface area contributed by atoms with E-state index in [4.69, 9.17) is 18.8 Å². The van der Waals surface area contributed by atoms with E-state index in [1.807, 2.05) is 0 Å². The molecule has 3 N–H and O–H groups in total. The number of fused-ring (bicyclic) bond motifs is 1. The van der Waals surface area contributed by atoms with Crippen molar-refractivity contribution in [3.8, 4) is 0 Å². The molecule has 0 aliphatic carbocycles. The Morgan fingerprint density at radius 3 is 3.05 bits per heavy atom. The zero-order chi connectivity index (χ0) is 15.7. The Labute approximate surface area is 136 Å². The lowest BCUT2D eigenvalue weighted by Crippen LogP contribution is -2.34. The highest BCUT2D eigenvalue weighted by Gasteiger charge is 2.46. The van der Waals surface area contributed by atoms with Crippen molar-refractivity contribution in [1.29, 1.82) is 0 Å². The fraction of sp³-hybridized carbons (Fsp3) is 0.545. The quantitative estimate of drug-likeness (QED) is 0.515. The monoisotopic (exact) mass is 345 g/mol. The molecule has 1 unspecified atom stereocenters. The van der Waals surface area contributed by atoms with Gasteiger partial charge in [-0.05, 0) is 25.0 Å². The number of hydrogen-bond acceptors (Lipinski definition) is 10. The highest BCUT2D eigenvalue weighted by Crippen LogP contribution is 2.34. The average molecular weight is 345 g/mol. The summed E-state index contributed by atoms with van der Waals surface area (Å²) in [6.07, 6.45) is 1.82. The van der Waals surface area contributed by atoms with Crippen molar-refractivity contribution in [2.75, 3.05) is 18.6 Å². The van der Waals surface area contributed by atoms with Gasteiger partial charge in [-0.3, -0.25) is 4.57 Å². The number of aliphatic hydroxyl groups is 1. The molecule has 2 aromatic rings. The second-order valence-corrected chi connectivity index (χ2v) is 5.44. The van der Waals surface area contributed by atoms with Crippen LogP contribution >= 0.6 is 25.0 Å². The second kappa shape index (κ2) is 6.56. The van der Waals surface area contributed by atoms with Gasteiger partial charge in [-0.1, -0.05) is 0 Å². The standard InChI is InChI=1S/C11H15N5O4S2/c1-22-18-2-5-8(20-21)7(17)11(19-5)16-4-15-6-9(12)13-3-14-10(6)16/h3-5,7-8,11,17,21H,2H2,1H3,(H2,12,13,14)/t5-,7?,8+,11-/m1/s1. The number of rotatable bonds is 5. The first-order chi connectivity index (χ1) is 10.7. The molecule has 1 aliphatic rings. The lowest BCUT2D eigenvalue weighted by molar-refractivity contribution is -0.0447. The number of ether oxygens (including phenoxy) is 1. The van der Waals surface area contributed by atoms with E-state index in [0.29, 0.717) is 11.2 Å². The van der Waals surface area contributed by atoms with Crippen LogP contribution in [-0.4, -0.2) is 55.8 Å². The third kappa shape index (κ3) is 2.64. The Morgan fingerprint density at radius 2 is 2.32 bits per heavy atom. The molecule has 9 nitrogen and oxygen atoms in total. The molecule has 22 heavy (non-hydrogen) atoms. The van der Waals surface area contributed by atoms with Gasteiger partial charge in [0.05, 0.1) is 12.9 Å². The summed E-state index contributed by atoms with van der Waals surface area (Å²) in [7, 11) is 0. The fourth-order valence-corrected chi connectivity index (χ4v) is 2.94. The van der Waals surface area contributed by atoms with Crippen LogP contribution in [0.15, 0.2) is 12.7 Å². The van der Waals surface area contributed by atoms with Crippen LogP contribution in [0, 0.1) is 0 Å². The smallest absolute Gasteiger partial charge is 0.167 e. The van der Waals surface area contributed by atoms with Gasteiger partial charge in [-0.2, -0.15) is 0 Å². The predicted molar refractivity (Wildman–Crippen MR) is 83.0 cm³/mol. The molecule has 120 valence electrons. The maximum Gasteiger partial charge on any atom is 0.167 e. The van der Waals surface area contributed by atoms with E-state index < -0.39 is 24.5 Å². The van der Waals surface area contributed by atoms with E-state index in [0.717, 1.165) is 0 Å². The van der Waals surface area contributed by atoms with Gasteiger partial charge in [-0.15, -0.1) is 0 Å². The van der Waals surface area contributed by atoms with E-state index in [-0.39, 0.29) is 12.4 Å². The van der Waals surface area contributed by atoms with Gasteiger partial charge in [0.1, 0.15) is 30.2 Å². The van der Waals surface area contributed by atoms with Gasteiger partial charge in [0.25, 0.3) is 0 Å². The minimum Gasteiger partial charge on any atom is -0.386 e. The van der Waals surface area contributed by atoms with Crippen molar-refractivity contribution < 1.29 is 18.2 Å². The molecule has 3 heterocycles. The Morgan fingerprint density at radius 1 is 1.50 bits per heavy atom. The molecule has 1 aliphatic heterocycles. The average Bonchev–Trinajstić information content (AvgIpc) is 3.07. The Kier molecular flexibility index (Phi) is 4.70. The van der Waals surface area contributed by atoms with Crippen LogP contribution in [0.5, 0.6) is 0 Å². The van der Waals surface area contributed by atoms with E-state index in [9.17, 15) is 5.11 Å². The van der Waals surface area contributed by atoms with E-state index in [1.165, 1.54) is 24.7 Å². The first-order valence-corrected chi connectivity index (χ1v) is 7.91. The highest BCUT2D eigenvalue weighted by molar-refractivity contribution is 7.93. The van der Waals surface area contributed by atoms with Crippen molar-refractivity contribution in [1.82, 2.24) is 19.5 Å². The van der Waals surface area contributed by atoms with Crippen LogP contribution in [-0.2, 0) is 13.1 Å². The number of nitrogen functional groups attached to an aromatic ring is 1. The summed E-state index contributed by atoms with van der Waals surface area (Å²) in [4.78, 5) is 12.2. The number of thiol groups is 1. The number of nitrogens with zero attached hydrogens (tertiary/aromatic N) is 4. The van der Waals surface area contributed by atoms with Crippen molar-refractivity contribution >= 4 is 41.9 Å². The summed E-state index contributed by atoms with van der Waals surface area (Å²) >= 11 is 5.02. The van der Waals surface area contributed by atoms with Gasteiger partial charge in [0, 0.05) is 6.26 Å². The Bertz CT molecular complexity index is 656. The van der Waals surface area contributed by atoms with Crippen molar-refractivity contribution in [2.45, 2.75) is 24.5 Å². The number of imidazole rings is 1. The predicted octanol–water partition coefficient (Wildman–Crippen LogP) is 0.191. The molecular formula is C11H15N5O4S2. The first kappa shape index (κ1) is 15.8. The molecule has 0 bridgehead atoms. The van der Waals surface area contributed by atoms with Crippen molar-refractivity contribution in [3.63, 3.8) is 0 Å².